The quantitative estimate of drug-likeness (QED) is 0.723. The fourth-order valence-corrected chi connectivity index (χ4v) is 4.47. The molecule has 10 nitrogen and oxygen atoms in total. The van der Waals surface area contributed by atoms with Crippen LogP contribution in [0.5, 0.6) is 0 Å². The number of rotatable bonds is 3. The molecule has 2 aliphatic heterocycles. The predicted octanol–water partition coefficient (Wildman–Crippen LogP) is 0.431. The lowest BCUT2D eigenvalue weighted by molar-refractivity contribution is -0.221. The summed E-state index contributed by atoms with van der Waals surface area (Å²) < 4.78 is 48.6. The molecule has 0 spiro atoms. The Morgan fingerprint density at radius 2 is 2.20 bits per heavy atom. The Labute approximate surface area is 141 Å². The van der Waals surface area contributed by atoms with Crippen molar-refractivity contribution >= 4 is 7.82 Å². The fraction of sp³-hybridized carbons (Fsp3) is 0.692. The number of fused-ring (bicyclic) bond motifs is 1. The SMILES string of the molecule is CC(C)OP1(=O)OC[C@@]2(F)O[C@@H](n3ccc(=O)[nH]c3=O)[C@](C)(O)[C@@H]2O1. The third kappa shape index (κ3) is 3.12. The van der Waals surface area contributed by atoms with Gasteiger partial charge in [0.2, 0.25) is 0 Å². The van der Waals surface area contributed by atoms with Gasteiger partial charge in [-0.2, -0.15) is 0 Å². The van der Waals surface area contributed by atoms with Crippen LogP contribution in [0.4, 0.5) is 4.39 Å². The summed E-state index contributed by atoms with van der Waals surface area (Å²) in [5.74, 6) is -2.67. The highest BCUT2D eigenvalue weighted by Crippen LogP contribution is 2.62. The van der Waals surface area contributed by atoms with Crippen LogP contribution in [-0.2, 0) is 22.9 Å². The zero-order valence-corrected chi connectivity index (χ0v) is 14.6. The molecule has 0 amide bonds. The number of hydrogen-bond donors (Lipinski definition) is 2. The van der Waals surface area contributed by atoms with Gasteiger partial charge in [0.15, 0.2) is 12.3 Å². The molecule has 2 saturated heterocycles. The number of alkyl halides is 1. The van der Waals surface area contributed by atoms with E-state index in [1.54, 1.807) is 13.8 Å². The average molecular weight is 380 g/mol. The minimum absolute atomic E-state index is 0.539. The van der Waals surface area contributed by atoms with Crippen molar-refractivity contribution in [1.82, 2.24) is 9.55 Å². The molecule has 2 N–H and O–H groups in total. The zero-order valence-electron chi connectivity index (χ0n) is 13.7. The number of phosphoric ester groups is 1. The van der Waals surface area contributed by atoms with Crippen LogP contribution >= 0.6 is 7.82 Å². The van der Waals surface area contributed by atoms with Crippen LogP contribution in [-0.4, -0.2) is 44.9 Å². The molecule has 1 aromatic rings. The topological polar surface area (TPSA) is 129 Å². The van der Waals surface area contributed by atoms with E-state index in [-0.39, 0.29) is 0 Å². The van der Waals surface area contributed by atoms with Crippen LogP contribution in [0.25, 0.3) is 0 Å². The number of ether oxygens (including phenoxy) is 1. The number of aromatic amines is 1. The number of H-pyrrole nitrogens is 1. The lowest BCUT2D eigenvalue weighted by Gasteiger charge is -2.37. The monoisotopic (exact) mass is 380 g/mol. The third-order valence-electron chi connectivity index (χ3n) is 3.83. The lowest BCUT2D eigenvalue weighted by Crippen LogP contribution is -2.53. The van der Waals surface area contributed by atoms with Crippen molar-refractivity contribution in [2.75, 3.05) is 6.61 Å². The molecule has 1 aromatic heterocycles. The van der Waals surface area contributed by atoms with Crippen LogP contribution in [0.15, 0.2) is 21.9 Å². The van der Waals surface area contributed by atoms with Crippen LogP contribution in [0.2, 0.25) is 0 Å². The number of nitrogens with one attached hydrogen (secondary N) is 1. The minimum atomic E-state index is -4.13. The van der Waals surface area contributed by atoms with Gasteiger partial charge in [-0.1, -0.05) is 0 Å². The van der Waals surface area contributed by atoms with Gasteiger partial charge in [-0.15, -0.1) is 0 Å². The molecule has 2 fully saturated rings. The number of hydrogen-bond acceptors (Lipinski definition) is 8. The van der Waals surface area contributed by atoms with E-state index in [1.165, 1.54) is 0 Å². The maximum absolute atomic E-state index is 15.1. The first-order valence-corrected chi connectivity index (χ1v) is 8.95. The van der Waals surface area contributed by atoms with Crippen molar-refractivity contribution in [2.24, 2.45) is 0 Å². The van der Waals surface area contributed by atoms with Gasteiger partial charge in [0.25, 0.3) is 11.4 Å². The summed E-state index contributed by atoms with van der Waals surface area (Å²) in [6.45, 7) is 3.49. The van der Waals surface area contributed by atoms with Gasteiger partial charge in [-0.05, 0) is 20.8 Å². The Kier molecular flexibility index (Phi) is 4.30. The molecule has 0 radical (unpaired) electrons. The van der Waals surface area contributed by atoms with Crippen molar-refractivity contribution in [3.05, 3.63) is 33.1 Å². The molecule has 25 heavy (non-hydrogen) atoms. The van der Waals surface area contributed by atoms with Crippen molar-refractivity contribution in [3.8, 4) is 0 Å². The number of nitrogens with zero attached hydrogens (tertiary/aromatic N) is 1. The van der Waals surface area contributed by atoms with Crippen molar-refractivity contribution in [3.63, 3.8) is 0 Å². The Hall–Kier alpha value is -1.36. The Balaban J connectivity index is 1.98. The molecule has 140 valence electrons. The van der Waals surface area contributed by atoms with E-state index in [4.69, 9.17) is 18.3 Å². The largest absolute Gasteiger partial charge is 0.475 e. The first kappa shape index (κ1) is 18.4. The summed E-state index contributed by atoms with van der Waals surface area (Å²) in [6, 6.07) is 1.01. The summed E-state index contributed by atoms with van der Waals surface area (Å²) >= 11 is 0. The van der Waals surface area contributed by atoms with Crippen LogP contribution in [0.1, 0.15) is 27.0 Å². The highest BCUT2D eigenvalue weighted by Gasteiger charge is 2.69. The molecular formula is C13H18FN2O8P. The highest BCUT2D eigenvalue weighted by atomic mass is 31.2. The molecule has 2 aliphatic rings. The Morgan fingerprint density at radius 1 is 1.52 bits per heavy atom. The average Bonchev–Trinajstić information content (AvgIpc) is 2.67. The lowest BCUT2D eigenvalue weighted by atomic mass is 9.95. The summed E-state index contributed by atoms with van der Waals surface area (Å²) in [5, 5.41) is 10.8. The third-order valence-corrected chi connectivity index (χ3v) is 5.42. The van der Waals surface area contributed by atoms with Gasteiger partial charge in [0.1, 0.15) is 12.2 Å². The standard InChI is InChI=1S/C13H18FN2O8P/c1-7(2)23-25(20)21-6-13(14)9(24-25)12(3,19)10(22-13)16-5-4-8(17)15-11(16)18/h4-5,7,9-10,19H,6H2,1-3H3,(H,15,17,18)/t9-,10+,12+,13+,25?/m0/s1. The number of phosphoric acid groups is 1. The first-order valence-electron chi connectivity index (χ1n) is 7.49. The summed E-state index contributed by atoms with van der Waals surface area (Å²) in [7, 11) is -4.13. The van der Waals surface area contributed by atoms with Crippen molar-refractivity contribution < 1.29 is 32.4 Å². The van der Waals surface area contributed by atoms with Crippen LogP contribution in [0, 0.1) is 0 Å². The smallest absolute Gasteiger partial charge is 0.382 e. The van der Waals surface area contributed by atoms with Gasteiger partial charge in [-0.25, -0.2) is 13.8 Å². The van der Waals surface area contributed by atoms with Crippen molar-refractivity contribution in [1.29, 1.82) is 0 Å². The molecule has 0 saturated carbocycles. The van der Waals surface area contributed by atoms with Crippen molar-refractivity contribution in [2.45, 2.75) is 50.7 Å². The molecule has 12 heteroatoms. The molecule has 0 bridgehead atoms. The molecule has 3 heterocycles. The second-order valence-electron chi connectivity index (χ2n) is 6.36. The van der Waals surface area contributed by atoms with Crippen LogP contribution in [0.3, 0.4) is 0 Å². The Bertz CT molecular complexity index is 836. The zero-order chi connectivity index (χ0) is 18.6. The van der Waals surface area contributed by atoms with E-state index in [1.807, 2.05) is 4.98 Å². The van der Waals surface area contributed by atoms with Gasteiger partial charge in [0, 0.05) is 12.3 Å². The normalized spacial score (nSPS) is 41.0. The fourth-order valence-electron chi connectivity index (χ4n) is 2.82. The van der Waals surface area contributed by atoms with E-state index in [9.17, 15) is 19.3 Å². The van der Waals surface area contributed by atoms with E-state index >= 15 is 4.39 Å². The molecule has 0 aromatic carbocycles. The highest BCUT2D eigenvalue weighted by molar-refractivity contribution is 7.48. The van der Waals surface area contributed by atoms with E-state index in [2.05, 4.69) is 0 Å². The summed E-state index contributed by atoms with van der Waals surface area (Å²) in [5.41, 5.74) is -3.69. The molecule has 5 atom stereocenters. The minimum Gasteiger partial charge on any atom is -0.382 e. The van der Waals surface area contributed by atoms with E-state index in [0.717, 1.165) is 23.8 Å². The first-order chi connectivity index (χ1) is 11.5. The molecule has 0 aliphatic carbocycles. The van der Waals surface area contributed by atoms with Gasteiger partial charge in [0.05, 0.1) is 6.10 Å². The van der Waals surface area contributed by atoms with Crippen LogP contribution < -0.4 is 11.2 Å². The van der Waals surface area contributed by atoms with E-state index < -0.39 is 55.6 Å². The maximum Gasteiger partial charge on any atom is 0.475 e. The summed E-state index contributed by atoms with van der Waals surface area (Å²) in [4.78, 5) is 25.1. The molecule has 3 rings (SSSR count). The Morgan fingerprint density at radius 3 is 2.80 bits per heavy atom. The number of aromatic nitrogens is 2. The number of aliphatic hydroxyl groups is 1. The molecule has 1 unspecified atom stereocenters. The van der Waals surface area contributed by atoms with E-state index in [0.29, 0.717) is 0 Å². The second-order valence-corrected chi connectivity index (χ2v) is 7.93. The van der Waals surface area contributed by atoms with Gasteiger partial charge < -0.3 is 9.84 Å². The molecular weight excluding hydrogens is 362 g/mol. The predicted molar refractivity (Wildman–Crippen MR) is 80.6 cm³/mol. The number of halogens is 1. The van der Waals surface area contributed by atoms with Gasteiger partial charge >= 0.3 is 13.5 Å². The maximum atomic E-state index is 15.1. The second kappa shape index (κ2) is 5.83. The summed E-state index contributed by atoms with van der Waals surface area (Å²) in [6.07, 6.45) is -2.79. The van der Waals surface area contributed by atoms with Gasteiger partial charge in [-0.3, -0.25) is 27.9 Å².